The lowest BCUT2D eigenvalue weighted by atomic mass is 10.0. The minimum atomic E-state index is -0.425. The van der Waals surface area contributed by atoms with Gasteiger partial charge < -0.3 is 13.7 Å². The normalized spacial score (nSPS) is 11.8. The molecule has 0 bridgehead atoms. The highest BCUT2D eigenvalue weighted by Crippen LogP contribution is 2.50. The first-order chi connectivity index (χ1) is 31.7. The van der Waals surface area contributed by atoms with Crippen molar-refractivity contribution in [3.8, 4) is 51.2 Å². The summed E-state index contributed by atoms with van der Waals surface area (Å²) in [5, 5.41) is 6.75. The van der Waals surface area contributed by atoms with Crippen LogP contribution in [-0.2, 0) is 0 Å². The maximum absolute atomic E-state index is 16.7. The fourth-order valence-corrected chi connectivity index (χ4v) is 9.86. The molecule has 0 saturated heterocycles. The molecule has 0 atom stereocenters. The molecule has 13 aromatic rings. The van der Waals surface area contributed by atoms with E-state index in [1.165, 1.54) is 0 Å². The van der Waals surface area contributed by atoms with Gasteiger partial charge in [0.2, 0.25) is 0 Å². The van der Waals surface area contributed by atoms with Crippen LogP contribution in [0, 0.1) is 5.82 Å². The van der Waals surface area contributed by atoms with Crippen LogP contribution in [0.5, 0.6) is 0 Å². The van der Waals surface area contributed by atoms with Crippen molar-refractivity contribution < 1.29 is 4.39 Å². The minimum Gasteiger partial charge on any atom is -0.308 e. The second kappa shape index (κ2) is 14.2. The number of hydrogen-bond donors (Lipinski definition) is 0. The molecule has 0 spiro atoms. The molecule has 0 unspecified atom stereocenters. The van der Waals surface area contributed by atoms with E-state index in [0.717, 1.165) is 93.6 Å². The molecular weight excluding hydrogens is 788 g/mol. The number of halogens is 1. The molecule has 0 amide bonds. The predicted molar refractivity (Wildman–Crippen MR) is 259 cm³/mol. The van der Waals surface area contributed by atoms with Crippen LogP contribution in [0.1, 0.15) is 0 Å². The monoisotopic (exact) mass is 822 g/mol. The standard InChI is InChI=1S/C57H35FN6/c58-45-34-33-40(35-44(45)57-60-55(36-19-5-1-6-20-36)59-56(61-57)37-21-7-2-8-22-37)64-48-32-18-15-29-43(48)51-53-49(41-27-13-16-30-46(41)62(53)38-23-9-3-10-24-38)52-50(54(51)64)42-28-14-17-31-47(42)63(52)39-25-11-4-12-26-39/h1-35H. The van der Waals surface area contributed by atoms with E-state index in [1.54, 1.807) is 6.07 Å². The zero-order chi connectivity index (χ0) is 42.3. The zero-order valence-corrected chi connectivity index (χ0v) is 34.3. The van der Waals surface area contributed by atoms with Gasteiger partial charge in [0.05, 0.1) is 38.7 Å². The Labute approximate surface area is 366 Å². The van der Waals surface area contributed by atoms with Crippen LogP contribution in [-0.4, -0.2) is 28.7 Å². The Kier molecular flexibility index (Phi) is 7.99. The van der Waals surface area contributed by atoms with Crippen molar-refractivity contribution in [2.75, 3.05) is 0 Å². The van der Waals surface area contributed by atoms with Crippen LogP contribution >= 0.6 is 0 Å². The smallest absolute Gasteiger partial charge is 0.167 e. The molecule has 0 N–H and O–H groups in total. The molecule has 0 fully saturated rings. The van der Waals surface area contributed by atoms with Crippen LogP contribution in [0.3, 0.4) is 0 Å². The van der Waals surface area contributed by atoms with Crippen LogP contribution in [0.25, 0.3) is 117 Å². The molecule has 13 rings (SSSR count). The summed E-state index contributed by atoms with van der Waals surface area (Å²) in [5.74, 6) is 0.770. The second-order valence-electron chi connectivity index (χ2n) is 16.1. The van der Waals surface area contributed by atoms with Crippen molar-refractivity contribution >= 4 is 65.4 Å². The largest absolute Gasteiger partial charge is 0.308 e. The summed E-state index contributed by atoms with van der Waals surface area (Å²) in [5.41, 5.74) is 11.3. The van der Waals surface area contributed by atoms with E-state index in [9.17, 15) is 0 Å². The summed E-state index contributed by atoms with van der Waals surface area (Å²) >= 11 is 0. The summed E-state index contributed by atoms with van der Waals surface area (Å²) in [4.78, 5) is 14.8. The third-order valence-electron chi connectivity index (χ3n) is 12.5. The van der Waals surface area contributed by atoms with Gasteiger partial charge in [-0.3, -0.25) is 0 Å². The number of hydrogen-bond acceptors (Lipinski definition) is 3. The summed E-state index contributed by atoms with van der Waals surface area (Å²) in [6.07, 6.45) is 0. The van der Waals surface area contributed by atoms with E-state index in [0.29, 0.717) is 11.6 Å². The highest BCUT2D eigenvalue weighted by atomic mass is 19.1. The topological polar surface area (TPSA) is 53.5 Å². The summed E-state index contributed by atoms with van der Waals surface area (Å²) in [7, 11) is 0. The summed E-state index contributed by atoms with van der Waals surface area (Å²) in [6.45, 7) is 0. The molecule has 0 aliphatic heterocycles. The van der Waals surface area contributed by atoms with Crippen molar-refractivity contribution in [3.63, 3.8) is 0 Å². The molecule has 4 aromatic heterocycles. The van der Waals surface area contributed by atoms with Crippen LogP contribution in [0.4, 0.5) is 4.39 Å². The number of rotatable bonds is 6. The maximum Gasteiger partial charge on any atom is 0.167 e. The Morgan fingerprint density at radius 2 is 0.656 bits per heavy atom. The molecule has 0 radical (unpaired) electrons. The van der Waals surface area contributed by atoms with Gasteiger partial charge in [0.1, 0.15) is 5.82 Å². The van der Waals surface area contributed by atoms with Crippen LogP contribution in [0.2, 0.25) is 0 Å². The molecule has 0 aliphatic rings. The molecule has 6 nitrogen and oxygen atoms in total. The Balaban J connectivity index is 1.21. The fraction of sp³-hybridized carbons (Fsp3) is 0. The SMILES string of the molecule is Fc1ccc(-n2c3ccccc3c3c4c(c5ccccc5n4-c4ccccc4)c4c(c5ccccc5n4-c4ccccc4)c32)cc1-c1nc(-c2ccccc2)nc(-c2ccccc2)n1. The predicted octanol–water partition coefficient (Wildman–Crippen LogP) is 14.3. The number of fused-ring (bicyclic) bond motifs is 12. The van der Waals surface area contributed by atoms with Crippen molar-refractivity contribution in [2.45, 2.75) is 0 Å². The molecule has 0 saturated carbocycles. The Hall–Kier alpha value is -8.68. The van der Waals surface area contributed by atoms with E-state index in [-0.39, 0.29) is 11.4 Å². The zero-order valence-electron chi connectivity index (χ0n) is 34.3. The van der Waals surface area contributed by atoms with E-state index >= 15 is 4.39 Å². The van der Waals surface area contributed by atoms with Crippen molar-refractivity contribution in [3.05, 3.63) is 218 Å². The van der Waals surface area contributed by atoms with Crippen LogP contribution in [0.15, 0.2) is 212 Å². The molecular formula is C57H35FN6. The first-order valence-electron chi connectivity index (χ1n) is 21.4. The molecule has 0 aliphatic carbocycles. The summed E-state index contributed by atoms with van der Waals surface area (Å²) in [6, 6.07) is 72.2. The average molecular weight is 823 g/mol. The van der Waals surface area contributed by atoms with E-state index in [2.05, 4.69) is 147 Å². The summed E-state index contributed by atoms with van der Waals surface area (Å²) < 4.78 is 23.9. The van der Waals surface area contributed by atoms with Gasteiger partial charge in [0.15, 0.2) is 17.5 Å². The number of nitrogens with zero attached hydrogens (tertiary/aromatic N) is 6. The van der Waals surface area contributed by atoms with E-state index in [4.69, 9.17) is 15.0 Å². The van der Waals surface area contributed by atoms with Gasteiger partial charge in [-0.05, 0) is 60.7 Å². The lowest BCUT2D eigenvalue weighted by Gasteiger charge is -2.14. The molecule has 4 heterocycles. The highest BCUT2D eigenvalue weighted by Gasteiger charge is 2.29. The Bertz CT molecular complexity index is 3820. The van der Waals surface area contributed by atoms with Gasteiger partial charge >= 0.3 is 0 Å². The van der Waals surface area contributed by atoms with E-state index in [1.807, 2.05) is 72.8 Å². The quantitative estimate of drug-likeness (QED) is 0.168. The minimum absolute atomic E-state index is 0.255. The van der Waals surface area contributed by atoms with Gasteiger partial charge in [0, 0.05) is 60.5 Å². The van der Waals surface area contributed by atoms with Gasteiger partial charge in [-0.1, -0.05) is 152 Å². The Morgan fingerprint density at radius 3 is 1.08 bits per heavy atom. The lowest BCUT2D eigenvalue weighted by molar-refractivity contribution is 0.629. The average Bonchev–Trinajstić information content (AvgIpc) is 4.01. The van der Waals surface area contributed by atoms with Gasteiger partial charge in [-0.2, -0.15) is 0 Å². The van der Waals surface area contributed by atoms with Crippen molar-refractivity contribution in [1.82, 2.24) is 28.7 Å². The first kappa shape index (κ1) is 36.0. The van der Waals surface area contributed by atoms with Gasteiger partial charge in [0.25, 0.3) is 0 Å². The van der Waals surface area contributed by atoms with Gasteiger partial charge in [-0.15, -0.1) is 0 Å². The van der Waals surface area contributed by atoms with Crippen molar-refractivity contribution in [1.29, 1.82) is 0 Å². The first-order valence-corrected chi connectivity index (χ1v) is 21.4. The van der Waals surface area contributed by atoms with E-state index < -0.39 is 5.82 Å². The molecule has 64 heavy (non-hydrogen) atoms. The Morgan fingerprint density at radius 1 is 0.312 bits per heavy atom. The molecule has 300 valence electrons. The fourth-order valence-electron chi connectivity index (χ4n) is 9.86. The maximum atomic E-state index is 16.7. The number of benzene rings is 9. The highest BCUT2D eigenvalue weighted by molar-refractivity contribution is 6.40. The van der Waals surface area contributed by atoms with Gasteiger partial charge in [-0.25, -0.2) is 19.3 Å². The van der Waals surface area contributed by atoms with Crippen molar-refractivity contribution in [2.24, 2.45) is 0 Å². The molecule has 9 aromatic carbocycles. The molecule has 7 heteroatoms. The third kappa shape index (κ3) is 5.34. The number of aromatic nitrogens is 6. The van der Waals surface area contributed by atoms with Crippen LogP contribution < -0.4 is 0 Å². The lowest BCUT2D eigenvalue weighted by Crippen LogP contribution is -2.03. The second-order valence-corrected chi connectivity index (χ2v) is 16.1. The number of para-hydroxylation sites is 5. The third-order valence-corrected chi connectivity index (χ3v) is 12.5.